The fourth-order valence-corrected chi connectivity index (χ4v) is 2.66. The lowest BCUT2D eigenvalue weighted by atomic mass is 10.1. The topological polar surface area (TPSA) is 86.3 Å². The minimum atomic E-state index is -0.219. The first-order chi connectivity index (χ1) is 11.1. The highest BCUT2D eigenvalue weighted by molar-refractivity contribution is 5.76. The van der Waals surface area contributed by atoms with Gasteiger partial charge in [-0.3, -0.25) is 9.48 Å². The zero-order valence-corrected chi connectivity index (χ0v) is 13.2. The SMILES string of the molecule is Cc1ccn(CCC(=O)N2CCO[C@@H](c3cccc(N)n3)C2)n1. The van der Waals surface area contributed by atoms with Gasteiger partial charge in [0.1, 0.15) is 11.9 Å². The highest BCUT2D eigenvalue weighted by Crippen LogP contribution is 2.21. The summed E-state index contributed by atoms with van der Waals surface area (Å²) in [5, 5.41) is 4.30. The maximum atomic E-state index is 12.4. The molecule has 0 aromatic carbocycles. The average Bonchev–Trinajstić information content (AvgIpc) is 2.98. The van der Waals surface area contributed by atoms with E-state index in [1.807, 2.05) is 36.2 Å². The Hall–Kier alpha value is -2.41. The van der Waals surface area contributed by atoms with Gasteiger partial charge in [-0.2, -0.15) is 5.10 Å². The first-order valence-electron chi connectivity index (χ1n) is 7.73. The fraction of sp³-hybridized carbons (Fsp3) is 0.438. The van der Waals surface area contributed by atoms with Crippen LogP contribution in [0.4, 0.5) is 5.82 Å². The highest BCUT2D eigenvalue weighted by Gasteiger charge is 2.26. The van der Waals surface area contributed by atoms with E-state index in [2.05, 4.69) is 10.1 Å². The number of nitrogens with zero attached hydrogens (tertiary/aromatic N) is 4. The van der Waals surface area contributed by atoms with Crippen molar-refractivity contribution in [3.8, 4) is 0 Å². The second-order valence-electron chi connectivity index (χ2n) is 5.66. The number of aryl methyl sites for hydroxylation is 2. The normalized spacial score (nSPS) is 18.1. The Morgan fingerprint density at radius 1 is 1.43 bits per heavy atom. The van der Waals surface area contributed by atoms with E-state index < -0.39 is 0 Å². The van der Waals surface area contributed by atoms with E-state index in [0.29, 0.717) is 38.5 Å². The third kappa shape index (κ3) is 3.87. The second-order valence-corrected chi connectivity index (χ2v) is 5.66. The molecule has 3 rings (SSSR count). The Morgan fingerprint density at radius 2 is 2.30 bits per heavy atom. The van der Waals surface area contributed by atoms with Gasteiger partial charge >= 0.3 is 0 Å². The number of amides is 1. The van der Waals surface area contributed by atoms with Crippen molar-refractivity contribution >= 4 is 11.7 Å². The van der Waals surface area contributed by atoms with Crippen LogP contribution in [0.15, 0.2) is 30.5 Å². The molecule has 1 atom stereocenters. The molecule has 1 saturated heterocycles. The number of carbonyl (C=O) groups is 1. The molecule has 1 aliphatic heterocycles. The van der Waals surface area contributed by atoms with Crippen molar-refractivity contribution in [3.63, 3.8) is 0 Å². The molecular weight excluding hydrogens is 294 g/mol. The molecule has 2 aromatic heterocycles. The number of morpholine rings is 1. The van der Waals surface area contributed by atoms with Crippen LogP contribution in [0.25, 0.3) is 0 Å². The zero-order chi connectivity index (χ0) is 16.2. The molecule has 3 heterocycles. The van der Waals surface area contributed by atoms with Crippen LogP contribution >= 0.6 is 0 Å². The number of nitrogens with two attached hydrogens (primary N) is 1. The third-order valence-corrected chi connectivity index (χ3v) is 3.87. The molecule has 1 fully saturated rings. The molecule has 0 aliphatic carbocycles. The van der Waals surface area contributed by atoms with Gasteiger partial charge in [0.05, 0.1) is 24.5 Å². The summed E-state index contributed by atoms with van der Waals surface area (Å²) < 4.78 is 7.53. The Kier molecular flexibility index (Phi) is 4.57. The lowest BCUT2D eigenvalue weighted by Crippen LogP contribution is -2.42. The quantitative estimate of drug-likeness (QED) is 0.915. The first kappa shape index (κ1) is 15.5. The van der Waals surface area contributed by atoms with Gasteiger partial charge in [-0.1, -0.05) is 6.07 Å². The summed E-state index contributed by atoms with van der Waals surface area (Å²) in [4.78, 5) is 18.5. The summed E-state index contributed by atoms with van der Waals surface area (Å²) >= 11 is 0. The molecule has 0 spiro atoms. The Bertz CT molecular complexity index is 685. The van der Waals surface area contributed by atoms with Crippen molar-refractivity contribution in [2.45, 2.75) is 26.0 Å². The fourth-order valence-electron chi connectivity index (χ4n) is 2.66. The number of ether oxygens (including phenoxy) is 1. The smallest absolute Gasteiger partial charge is 0.224 e. The largest absolute Gasteiger partial charge is 0.384 e. The summed E-state index contributed by atoms with van der Waals surface area (Å²) in [6.45, 7) is 4.14. The van der Waals surface area contributed by atoms with Crippen molar-refractivity contribution in [2.75, 3.05) is 25.4 Å². The van der Waals surface area contributed by atoms with Gasteiger partial charge in [0.2, 0.25) is 5.91 Å². The van der Waals surface area contributed by atoms with E-state index in [9.17, 15) is 4.79 Å². The predicted octanol–water partition coefficient (Wildman–Crippen LogP) is 1.16. The van der Waals surface area contributed by atoms with Crippen molar-refractivity contribution in [1.82, 2.24) is 19.7 Å². The molecule has 0 unspecified atom stereocenters. The van der Waals surface area contributed by atoms with Crippen LogP contribution in [0, 0.1) is 6.92 Å². The molecule has 0 saturated carbocycles. The second kappa shape index (κ2) is 6.78. The molecule has 1 amide bonds. The number of hydrogen-bond acceptors (Lipinski definition) is 5. The van der Waals surface area contributed by atoms with Crippen LogP contribution in [0.1, 0.15) is 23.9 Å². The van der Waals surface area contributed by atoms with E-state index in [1.54, 1.807) is 10.7 Å². The van der Waals surface area contributed by atoms with Crippen LogP contribution in [0.2, 0.25) is 0 Å². The number of pyridine rings is 1. The van der Waals surface area contributed by atoms with Gasteiger partial charge in [0, 0.05) is 25.7 Å². The van der Waals surface area contributed by atoms with E-state index in [-0.39, 0.29) is 12.0 Å². The van der Waals surface area contributed by atoms with Gasteiger partial charge in [0.15, 0.2) is 0 Å². The van der Waals surface area contributed by atoms with Crippen molar-refractivity contribution in [3.05, 3.63) is 41.9 Å². The van der Waals surface area contributed by atoms with Crippen LogP contribution in [-0.4, -0.2) is 45.3 Å². The Morgan fingerprint density at radius 3 is 3.04 bits per heavy atom. The Balaban J connectivity index is 1.58. The molecule has 7 heteroatoms. The highest BCUT2D eigenvalue weighted by atomic mass is 16.5. The predicted molar refractivity (Wildman–Crippen MR) is 85.5 cm³/mol. The van der Waals surface area contributed by atoms with Crippen LogP contribution < -0.4 is 5.73 Å². The van der Waals surface area contributed by atoms with Crippen molar-refractivity contribution in [2.24, 2.45) is 0 Å². The minimum absolute atomic E-state index is 0.107. The van der Waals surface area contributed by atoms with Gasteiger partial charge in [0.25, 0.3) is 0 Å². The number of rotatable bonds is 4. The van der Waals surface area contributed by atoms with Crippen LogP contribution in [-0.2, 0) is 16.1 Å². The molecule has 2 aromatic rings. The van der Waals surface area contributed by atoms with Crippen molar-refractivity contribution < 1.29 is 9.53 Å². The lowest BCUT2D eigenvalue weighted by Gasteiger charge is -2.32. The summed E-state index contributed by atoms with van der Waals surface area (Å²) in [5.41, 5.74) is 7.44. The minimum Gasteiger partial charge on any atom is -0.384 e. The van der Waals surface area contributed by atoms with E-state index in [4.69, 9.17) is 10.5 Å². The lowest BCUT2D eigenvalue weighted by molar-refractivity contribution is -0.139. The third-order valence-electron chi connectivity index (χ3n) is 3.87. The molecule has 23 heavy (non-hydrogen) atoms. The summed E-state index contributed by atoms with van der Waals surface area (Å²) in [5.74, 6) is 0.568. The van der Waals surface area contributed by atoms with Gasteiger partial charge in [-0.15, -0.1) is 0 Å². The van der Waals surface area contributed by atoms with Gasteiger partial charge in [-0.05, 0) is 25.1 Å². The Labute approximate surface area is 135 Å². The average molecular weight is 315 g/mol. The molecule has 1 aliphatic rings. The molecular formula is C16H21N5O2. The summed E-state index contributed by atoms with van der Waals surface area (Å²) in [6.07, 6.45) is 2.10. The molecule has 2 N–H and O–H groups in total. The standard InChI is InChI=1S/C16H21N5O2/c1-12-5-7-21(19-12)8-6-16(22)20-9-10-23-14(11-20)13-3-2-4-15(17)18-13/h2-5,7,14H,6,8-11H2,1H3,(H2,17,18)/t14-/m1/s1. The maximum Gasteiger partial charge on any atom is 0.224 e. The summed E-state index contributed by atoms with van der Waals surface area (Å²) in [6, 6.07) is 7.39. The number of anilines is 1. The van der Waals surface area contributed by atoms with E-state index >= 15 is 0 Å². The van der Waals surface area contributed by atoms with Crippen LogP contribution in [0.5, 0.6) is 0 Å². The number of nitrogen functional groups attached to an aromatic ring is 1. The number of aromatic nitrogens is 3. The molecule has 122 valence electrons. The monoisotopic (exact) mass is 315 g/mol. The molecule has 7 nitrogen and oxygen atoms in total. The zero-order valence-electron chi connectivity index (χ0n) is 13.2. The van der Waals surface area contributed by atoms with Crippen LogP contribution in [0.3, 0.4) is 0 Å². The number of hydrogen-bond donors (Lipinski definition) is 1. The van der Waals surface area contributed by atoms with Gasteiger partial charge in [-0.25, -0.2) is 4.98 Å². The van der Waals surface area contributed by atoms with Crippen molar-refractivity contribution in [1.29, 1.82) is 0 Å². The molecule has 0 radical (unpaired) electrons. The number of carbonyl (C=O) groups excluding carboxylic acids is 1. The summed E-state index contributed by atoms with van der Waals surface area (Å²) in [7, 11) is 0. The first-order valence-corrected chi connectivity index (χ1v) is 7.73. The van der Waals surface area contributed by atoms with E-state index in [1.165, 1.54) is 0 Å². The van der Waals surface area contributed by atoms with Gasteiger partial charge < -0.3 is 15.4 Å². The van der Waals surface area contributed by atoms with E-state index in [0.717, 1.165) is 11.4 Å². The molecule has 0 bridgehead atoms. The maximum absolute atomic E-state index is 12.4.